The normalized spacial score (nSPS) is 29.0. The number of carbonyl (C=O) groups excluding carboxylic acids is 3. The van der Waals surface area contributed by atoms with Crippen LogP contribution in [0.15, 0.2) is 0 Å². The average molecular weight is 448 g/mol. The van der Waals surface area contributed by atoms with Gasteiger partial charge < -0.3 is 30.1 Å². The van der Waals surface area contributed by atoms with Crippen molar-refractivity contribution in [3.8, 4) is 0 Å². The second kappa shape index (κ2) is 13.8. The van der Waals surface area contributed by atoms with E-state index in [2.05, 4.69) is 5.32 Å². The van der Waals surface area contributed by atoms with E-state index in [4.69, 9.17) is 12.2 Å². The summed E-state index contributed by atoms with van der Waals surface area (Å²) in [6.45, 7) is 1.70. The quantitative estimate of drug-likeness (QED) is 0.231. The molecule has 1 aliphatic heterocycles. The fourth-order valence-electron chi connectivity index (χ4n) is 3.47. The maximum atomic E-state index is 13.0. The van der Waals surface area contributed by atoms with Gasteiger partial charge in [-0.25, -0.2) is 0 Å². The van der Waals surface area contributed by atoms with Gasteiger partial charge in [0, 0.05) is 22.0 Å². The molecule has 1 aliphatic rings. The predicted octanol–water partition coefficient (Wildman–Crippen LogP) is 1.35. The third-order valence-electron chi connectivity index (χ3n) is 5.32. The SMILES string of the molecule is [2H]CCCCCC(=O)OC[C@H]1OC(O)[C@H](NC(=O)CCC)[C@@H](O)[C@@]1(O)C(=O)CCCCC[2H]. The van der Waals surface area contributed by atoms with Crippen molar-refractivity contribution in [2.24, 2.45) is 0 Å². The molecule has 1 unspecified atom stereocenters. The second-order valence-corrected chi connectivity index (χ2v) is 7.86. The largest absolute Gasteiger partial charge is 0.463 e. The number of Topliss-reactive ketones (excluding diaryl/α,β-unsaturated/α-hetero) is 1. The molecule has 9 nitrogen and oxygen atoms in total. The van der Waals surface area contributed by atoms with Gasteiger partial charge in [0.05, 0.1) is 0 Å². The van der Waals surface area contributed by atoms with E-state index >= 15 is 0 Å². The van der Waals surface area contributed by atoms with E-state index in [1.54, 1.807) is 6.92 Å². The van der Waals surface area contributed by atoms with Gasteiger partial charge in [-0.1, -0.05) is 46.4 Å². The zero-order chi connectivity index (χ0) is 24.9. The van der Waals surface area contributed by atoms with E-state index in [9.17, 15) is 29.7 Å². The van der Waals surface area contributed by atoms with Crippen LogP contribution in [0.3, 0.4) is 0 Å². The smallest absolute Gasteiger partial charge is 0.305 e. The van der Waals surface area contributed by atoms with Gasteiger partial charge in [0.1, 0.15) is 24.9 Å². The minimum Gasteiger partial charge on any atom is -0.463 e. The first kappa shape index (κ1) is 24.1. The maximum absolute atomic E-state index is 13.0. The molecular formula is C22H39NO8. The van der Waals surface area contributed by atoms with Crippen molar-refractivity contribution >= 4 is 17.7 Å². The molecule has 1 heterocycles. The average Bonchev–Trinajstić information content (AvgIpc) is 2.78. The van der Waals surface area contributed by atoms with Crippen molar-refractivity contribution in [3.63, 3.8) is 0 Å². The lowest BCUT2D eigenvalue weighted by Crippen LogP contribution is -2.73. The van der Waals surface area contributed by atoms with Crippen LogP contribution in [-0.2, 0) is 23.9 Å². The number of aliphatic hydroxyl groups is 3. The zero-order valence-corrected chi connectivity index (χ0v) is 18.4. The van der Waals surface area contributed by atoms with E-state index in [1.165, 1.54) is 0 Å². The first-order valence-electron chi connectivity index (χ1n) is 12.4. The summed E-state index contributed by atoms with van der Waals surface area (Å²) in [5, 5.41) is 34.9. The molecule has 9 heteroatoms. The third kappa shape index (κ3) is 7.82. The van der Waals surface area contributed by atoms with E-state index in [0.29, 0.717) is 44.9 Å². The first-order chi connectivity index (χ1) is 15.7. The summed E-state index contributed by atoms with van der Waals surface area (Å²) in [4.78, 5) is 37.0. The monoisotopic (exact) mass is 447 g/mol. The highest BCUT2D eigenvalue weighted by atomic mass is 16.6. The molecule has 0 radical (unpaired) electrons. The molecule has 4 N–H and O–H groups in total. The van der Waals surface area contributed by atoms with Crippen molar-refractivity contribution in [3.05, 3.63) is 0 Å². The van der Waals surface area contributed by atoms with Crippen molar-refractivity contribution in [2.45, 2.75) is 115 Å². The van der Waals surface area contributed by atoms with Gasteiger partial charge in [-0.2, -0.15) is 0 Å². The van der Waals surface area contributed by atoms with Crippen LogP contribution in [0.1, 0.15) is 87.7 Å². The Morgan fingerprint density at radius 3 is 2.29 bits per heavy atom. The minimum atomic E-state index is -2.50. The molecule has 1 fully saturated rings. The van der Waals surface area contributed by atoms with Gasteiger partial charge in [0.25, 0.3) is 0 Å². The van der Waals surface area contributed by atoms with Gasteiger partial charge in [0.2, 0.25) is 5.91 Å². The van der Waals surface area contributed by atoms with Crippen LogP contribution >= 0.6 is 0 Å². The molecule has 0 aliphatic carbocycles. The number of hydrogen-bond acceptors (Lipinski definition) is 8. The lowest BCUT2D eigenvalue weighted by Gasteiger charge is -2.47. The fourth-order valence-corrected chi connectivity index (χ4v) is 3.47. The van der Waals surface area contributed by atoms with Gasteiger partial charge in [-0.05, 0) is 19.3 Å². The van der Waals surface area contributed by atoms with E-state index in [-0.39, 0.29) is 33.1 Å². The molecule has 1 amide bonds. The number of aliphatic hydroxyl groups excluding tert-OH is 2. The molecule has 1 rings (SSSR count). The predicted molar refractivity (Wildman–Crippen MR) is 113 cm³/mol. The van der Waals surface area contributed by atoms with Crippen LogP contribution in [0.25, 0.3) is 0 Å². The van der Waals surface area contributed by atoms with E-state index in [0.717, 1.165) is 0 Å². The lowest BCUT2D eigenvalue weighted by atomic mass is 9.78. The van der Waals surface area contributed by atoms with E-state index in [1.807, 2.05) is 0 Å². The number of ether oxygens (including phenoxy) is 2. The summed E-state index contributed by atoms with van der Waals surface area (Å²) in [5.41, 5.74) is -2.50. The van der Waals surface area contributed by atoms with Crippen molar-refractivity contribution in [1.29, 1.82) is 0 Å². The van der Waals surface area contributed by atoms with Gasteiger partial charge in [-0.15, -0.1) is 0 Å². The molecule has 180 valence electrons. The summed E-state index contributed by atoms with van der Waals surface area (Å²) in [6.07, 6.45) is -1.08. The van der Waals surface area contributed by atoms with Gasteiger partial charge in [0.15, 0.2) is 17.7 Å². The van der Waals surface area contributed by atoms with Crippen molar-refractivity contribution in [2.75, 3.05) is 6.61 Å². The molecular weight excluding hydrogens is 406 g/mol. The van der Waals surface area contributed by atoms with Crippen LogP contribution in [0.2, 0.25) is 0 Å². The third-order valence-corrected chi connectivity index (χ3v) is 5.32. The number of nitrogens with one attached hydrogen (secondary N) is 1. The Morgan fingerprint density at radius 1 is 1.03 bits per heavy atom. The Balaban J connectivity index is 2.93. The molecule has 5 atom stereocenters. The van der Waals surface area contributed by atoms with Crippen LogP contribution in [0, 0.1) is 0 Å². The summed E-state index contributed by atoms with van der Waals surface area (Å²) in [6, 6.07) is -1.44. The topological polar surface area (TPSA) is 142 Å². The molecule has 0 bridgehead atoms. The van der Waals surface area contributed by atoms with E-state index < -0.39 is 54.4 Å². The van der Waals surface area contributed by atoms with Crippen molar-refractivity contribution in [1.82, 2.24) is 5.32 Å². The Labute approximate surface area is 187 Å². The molecule has 0 aromatic heterocycles. The minimum absolute atomic E-state index is 0.0903. The first-order valence-corrected chi connectivity index (χ1v) is 11.0. The summed E-state index contributed by atoms with van der Waals surface area (Å²) in [7, 11) is 0. The Morgan fingerprint density at radius 2 is 1.68 bits per heavy atom. The highest BCUT2D eigenvalue weighted by Crippen LogP contribution is 2.32. The van der Waals surface area contributed by atoms with Crippen LogP contribution in [0.5, 0.6) is 0 Å². The standard InChI is InChI=1S/C22H39NO8/c1-4-7-9-12-15(24)22(29)16(14-30-18(26)13-10-8-5-2)31-21(28)19(20(22)27)23-17(25)11-6-3/h16,19-21,27-29H,4-14H2,1-3H3,(H,23,25)/t16-,19-,20-,21?,22-/m1/s1/i1D,2D. The highest BCUT2D eigenvalue weighted by molar-refractivity contribution is 5.89. The lowest BCUT2D eigenvalue weighted by molar-refractivity contribution is -0.284. The van der Waals surface area contributed by atoms with Gasteiger partial charge in [-0.3, -0.25) is 14.4 Å². The number of carbonyl (C=O) groups is 3. The number of ketones is 1. The van der Waals surface area contributed by atoms with Crippen LogP contribution in [0.4, 0.5) is 0 Å². The maximum Gasteiger partial charge on any atom is 0.305 e. The summed E-state index contributed by atoms with van der Waals surface area (Å²) < 4.78 is 24.8. The van der Waals surface area contributed by atoms with Crippen LogP contribution in [-0.4, -0.2) is 69.7 Å². The molecule has 0 aromatic rings. The van der Waals surface area contributed by atoms with Gasteiger partial charge >= 0.3 is 5.97 Å². The number of rotatable bonds is 14. The van der Waals surface area contributed by atoms with Crippen LogP contribution < -0.4 is 5.32 Å². The van der Waals surface area contributed by atoms with Crippen molar-refractivity contribution < 1.29 is 41.9 Å². The number of amides is 1. The highest BCUT2D eigenvalue weighted by Gasteiger charge is 2.59. The Bertz CT molecular complexity index is 623. The molecule has 0 saturated carbocycles. The Kier molecular flexibility index (Phi) is 10.7. The molecule has 1 saturated heterocycles. The zero-order valence-electron chi connectivity index (χ0n) is 20.4. The number of unbranched alkanes of at least 4 members (excludes halogenated alkanes) is 4. The summed E-state index contributed by atoms with van der Waals surface area (Å²) in [5.74, 6) is -1.82. The molecule has 31 heavy (non-hydrogen) atoms. The molecule has 0 spiro atoms. The molecule has 0 aromatic carbocycles. The second-order valence-electron chi connectivity index (χ2n) is 7.86. The Hall–Kier alpha value is -1.55. The summed E-state index contributed by atoms with van der Waals surface area (Å²) >= 11 is 0. The number of hydrogen-bond donors (Lipinski definition) is 4. The number of esters is 1. The fraction of sp³-hybridized carbons (Fsp3) is 0.864.